The third-order valence-corrected chi connectivity index (χ3v) is 5.99. The van der Waals surface area contributed by atoms with Crippen molar-refractivity contribution >= 4 is 22.5 Å². The van der Waals surface area contributed by atoms with E-state index in [2.05, 4.69) is 10.3 Å². The molecule has 9 nitrogen and oxygen atoms in total. The van der Waals surface area contributed by atoms with Gasteiger partial charge in [-0.2, -0.15) is 0 Å². The lowest BCUT2D eigenvalue weighted by Crippen LogP contribution is -2.29. The minimum atomic E-state index is -0.558. The summed E-state index contributed by atoms with van der Waals surface area (Å²) < 4.78 is 16.5. The maximum absolute atomic E-state index is 13.1. The van der Waals surface area contributed by atoms with Gasteiger partial charge < -0.3 is 24.5 Å². The van der Waals surface area contributed by atoms with E-state index in [1.54, 1.807) is 21.1 Å². The molecule has 0 aliphatic rings. The summed E-state index contributed by atoms with van der Waals surface area (Å²) in [5, 5.41) is 15.5. The zero-order valence-electron chi connectivity index (χ0n) is 20.2. The molecule has 4 rings (SSSR count). The summed E-state index contributed by atoms with van der Waals surface area (Å²) in [6.07, 6.45) is 1.92. The molecule has 1 aromatic heterocycles. The third-order valence-electron chi connectivity index (χ3n) is 5.99. The van der Waals surface area contributed by atoms with Gasteiger partial charge in [-0.05, 0) is 36.8 Å². The lowest BCUT2D eigenvalue weighted by molar-refractivity contribution is -0.385. The molecule has 0 radical (unpaired) electrons. The number of benzene rings is 3. The van der Waals surface area contributed by atoms with Gasteiger partial charge in [0.15, 0.2) is 17.2 Å². The molecule has 186 valence electrons. The minimum Gasteiger partial charge on any atom is -0.493 e. The van der Waals surface area contributed by atoms with Crippen molar-refractivity contribution < 1.29 is 23.9 Å². The van der Waals surface area contributed by atoms with E-state index in [4.69, 9.17) is 14.2 Å². The Morgan fingerprint density at radius 1 is 1.03 bits per heavy atom. The van der Waals surface area contributed by atoms with E-state index in [1.165, 1.54) is 18.2 Å². The molecule has 1 heterocycles. The van der Waals surface area contributed by atoms with Crippen LogP contribution in [0.15, 0.2) is 66.9 Å². The van der Waals surface area contributed by atoms with E-state index in [0.717, 1.165) is 22.0 Å². The van der Waals surface area contributed by atoms with Gasteiger partial charge in [0.1, 0.15) is 0 Å². The van der Waals surface area contributed by atoms with Crippen LogP contribution in [0.2, 0.25) is 0 Å². The SMILES string of the molecule is CCOc1ccc(C(=O)NCC(c2cccc(OC)c2OC)c2c[nH]c3ccccc23)cc1[N+](=O)[O-]. The topological polar surface area (TPSA) is 116 Å². The van der Waals surface area contributed by atoms with Gasteiger partial charge in [-0.15, -0.1) is 0 Å². The number of nitrogens with zero attached hydrogens (tertiary/aromatic N) is 1. The quantitative estimate of drug-likeness (QED) is 0.238. The molecule has 1 unspecified atom stereocenters. The molecule has 1 atom stereocenters. The Balaban J connectivity index is 1.70. The number of nitro groups is 1. The number of fused-ring (bicyclic) bond motifs is 1. The molecule has 0 fully saturated rings. The van der Waals surface area contributed by atoms with Gasteiger partial charge >= 0.3 is 5.69 Å². The average Bonchev–Trinajstić information content (AvgIpc) is 3.32. The zero-order valence-corrected chi connectivity index (χ0v) is 20.2. The molecule has 0 saturated carbocycles. The summed E-state index contributed by atoms with van der Waals surface area (Å²) in [6.45, 7) is 2.23. The van der Waals surface area contributed by atoms with Crippen LogP contribution in [0, 0.1) is 10.1 Å². The second-order valence-corrected chi connectivity index (χ2v) is 8.01. The predicted octanol–water partition coefficient (Wildman–Crippen LogP) is 5.05. The highest BCUT2D eigenvalue weighted by Crippen LogP contribution is 2.40. The number of hydrogen-bond donors (Lipinski definition) is 2. The second-order valence-electron chi connectivity index (χ2n) is 8.01. The number of amides is 1. The number of carbonyl (C=O) groups is 1. The number of aromatic nitrogens is 1. The minimum absolute atomic E-state index is 0.122. The number of ether oxygens (including phenoxy) is 3. The molecule has 3 aromatic carbocycles. The number of methoxy groups -OCH3 is 2. The van der Waals surface area contributed by atoms with Gasteiger partial charge in [0.25, 0.3) is 5.91 Å². The van der Waals surface area contributed by atoms with Gasteiger partial charge in [-0.3, -0.25) is 14.9 Å². The number of para-hydroxylation sites is 2. The number of H-pyrrole nitrogens is 1. The number of rotatable bonds is 10. The van der Waals surface area contributed by atoms with Crippen LogP contribution in [0.4, 0.5) is 5.69 Å². The van der Waals surface area contributed by atoms with E-state index in [-0.39, 0.29) is 36.1 Å². The normalized spacial score (nSPS) is 11.6. The first-order valence-corrected chi connectivity index (χ1v) is 11.4. The van der Waals surface area contributed by atoms with Crippen LogP contribution in [0.1, 0.15) is 34.3 Å². The maximum atomic E-state index is 13.1. The molecular formula is C27H27N3O6. The number of nitro benzene ring substituents is 1. The van der Waals surface area contributed by atoms with Crippen molar-refractivity contribution in [3.63, 3.8) is 0 Å². The van der Waals surface area contributed by atoms with Gasteiger partial charge in [-0.25, -0.2) is 0 Å². The van der Waals surface area contributed by atoms with Gasteiger partial charge in [-0.1, -0.05) is 30.3 Å². The van der Waals surface area contributed by atoms with Crippen LogP contribution in [-0.4, -0.2) is 43.2 Å². The number of carbonyl (C=O) groups excluding carboxylic acids is 1. The number of hydrogen-bond acceptors (Lipinski definition) is 6. The van der Waals surface area contributed by atoms with Crippen molar-refractivity contribution in [2.75, 3.05) is 27.4 Å². The van der Waals surface area contributed by atoms with Crippen molar-refractivity contribution in [1.29, 1.82) is 0 Å². The van der Waals surface area contributed by atoms with Crippen LogP contribution < -0.4 is 19.5 Å². The highest BCUT2D eigenvalue weighted by atomic mass is 16.6. The van der Waals surface area contributed by atoms with Crippen molar-refractivity contribution in [1.82, 2.24) is 10.3 Å². The van der Waals surface area contributed by atoms with Crippen LogP contribution in [0.3, 0.4) is 0 Å². The smallest absolute Gasteiger partial charge is 0.311 e. The van der Waals surface area contributed by atoms with Crippen LogP contribution in [0.5, 0.6) is 17.2 Å². The lowest BCUT2D eigenvalue weighted by Gasteiger charge is -2.22. The van der Waals surface area contributed by atoms with Crippen molar-refractivity contribution in [2.45, 2.75) is 12.8 Å². The first-order valence-electron chi connectivity index (χ1n) is 11.4. The summed E-state index contributed by atoms with van der Waals surface area (Å²) >= 11 is 0. The Morgan fingerprint density at radius 3 is 2.56 bits per heavy atom. The van der Waals surface area contributed by atoms with Gasteiger partial charge in [0, 0.05) is 46.8 Å². The lowest BCUT2D eigenvalue weighted by atomic mass is 9.89. The fraction of sp³-hybridized carbons (Fsp3) is 0.222. The zero-order chi connectivity index (χ0) is 25.7. The second kappa shape index (κ2) is 10.8. The van der Waals surface area contributed by atoms with Gasteiger partial charge in [0.2, 0.25) is 0 Å². The average molecular weight is 490 g/mol. The molecule has 36 heavy (non-hydrogen) atoms. The third kappa shape index (κ3) is 4.81. The number of nitrogens with one attached hydrogen (secondary N) is 2. The molecule has 0 aliphatic carbocycles. The molecule has 0 aliphatic heterocycles. The fourth-order valence-corrected chi connectivity index (χ4v) is 4.33. The largest absolute Gasteiger partial charge is 0.493 e. The summed E-state index contributed by atoms with van der Waals surface area (Å²) in [7, 11) is 3.15. The van der Waals surface area contributed by atoms with Gasteiger partial charge in [0.05, 0.1) is 25.7 Å². The van der Waals surface area contributed by atoms with Crippen molar-refractivity contribution in [3.8, 4) is 17.2 Å². The molecule has 1 amide bonds. The van der Waals surface area contributed by atoms with E-state index in [1.807, 2.05) is 48.7 Å². The monoisotopic (exact) mass is 489 g/mol. The van der Waals surface area contributed by atoms with Crippen LogP contribution in [0.25, 0.3) is 10.9 Å². The molecule has 0 spiro atoms. The summed E-state index contributed by atoms with van der Waals surface area (Å²) in [4.78, 5) is 27.3. The van der Waals surface area contributed by atoms with E-state index in [0.29, 0.717) is 11.5 Å². The van der Waals surface area contributed by atoms with E-state index < -0.39 is 10.8 Å². The summed E-state index contributed by atoms with van der Waals surface area (Å²) in [5.74, 6) is 0.534. The Bertz CT molecular complexity index is 1400. The molecule has 2 N–H and O–H groups in total. The Labute approximate surface area is 208 Å². The van der Waals surface area contributed by atoms with E-state index in [9.17, 15) is 14.9 Å². The standard InChI is InChI=1S/C27H27N3O6/c1-4-36-24-13-12-17(14-23(24)30(32)33)27(31)29-16-21(19-9-7-11-25(34-2)26(19)35-3)20-15-28-22-10-6-5-8-18(20)22/h5-15,21,28H,4,16H2,1-3H3,(H,29,31). The Morgan fingerprint density at radius 2 is 1.83 bits per heavy atom. The van der Waals surface area contributed by atoms with Crippen molar-refractivity contribution in [2.24, 2.45) is 0 Å². The van der Waals surface area contributed by atoms with E-state index >= 15 is 0 Å². The molecule has 9 heteroatoms. The Hall–Kier alpha value is -4.53. The molecule has 0 saturated heterocycles. The highest BCUT2D eigenvalue weighted by Gasteiger charge is 2.25. The highest BCUT2D eigenvalue weighted by molar-refractivity contribution is 5.95. The first kappa shape index (κ1) is 24.6. The summed E-state index contributed by atoms with van der Waals surface area (Å²) in [5.41, 5.74) is 2.68. The maximum Gasteiger partial charge on any atom is 0.311 e. The molecular weight excluding hydrogens is 462 g/mol. The Kier molecular flexibility index (Phi) is 7.39. The molecule has 4 aromatic rings. The molecule has 0 bridgehead atoms. The predicted molar refractivity (Wildman–Crippen MR) is 136 cm³/mol. The van der Waals surface area contributed by atoms with Crippen molar-refractivity contribution in [3.05, 3.63) is 93.7 Å². The fourth-order valence-electron chi connectivity index (χ4n) is 4.33. The summed E-state index contributed by atoms with van der Waals surface area (Å²) in [6, 6.07) is 17.7. The van der Waals surface area contributed by atoms with Crippen LogP contribution >= 0.6 is 0 Å². The first-order chi connectivity index (χ1) is 17.5. The number of aromatic amines is 1. The van der Waals surface area contributed by atoms with Crippen LogP contribution in [-0.2, 0) is 0 Å².